The molecule has 0 atom stereocenters. The largest absolute Gasteiger partial charge is 3.00 e. The molecule has 0 aromatic rings. The molecule has 38 valence electrons. The van der Waals surface area contributed by atoms with Crippen LogP contribution in [0.1, 0.15) is 0 Å². The van der Waals surface area contributed by atoms with E-state index in [1.165, 1.54) is 0 Å². The van der Waals surface area contributed by atoms with E-state index in [1.54, 1.807) is 0 Å². The summed E-state index contributed by atoms with van der Waals surface area (Å²) in [6.45, 7) is 0. The van der Waals surface area contributed by atoms with Crippen LogP contribution in [0.3, 0.4) is 0 Å². The van der Waals surface area contributed by atoms with Gasteiger partial charge in [-0.15, -0.1) is 0 Å². The van der Waals surface area contributed by atoms with Crippen LogP contribution < -0.4 is 0 Å². The summed E-state index contributed by atoms with van der Waals surface area (Å²) < 4.78 is 0. The fraction of sp³-hybridized carbons (Fsp3) is 0. The molecule has 0 amide bonds. The first-order chi connectivity index (χ1) is 0. The van der Waals surface area contributed by atoms with E-state index in [1.807, 2.05) is 0 Å². The molecule has 0 aromatic heterocycles. The molecule has 0 spiro atoms. The van der Waals surface area contributed by atoms with Gasteiger partial charge in [-0.2, -0.15) is 0 Å². The van der Waals surface area contributed by atoms with Crippen molar-refractivity contribution in [3.8, 4) is 0 Å². The minimum Gasteiger partial charge on any atom is -0.412 e. The molecule has 0 aromatic carbocycles. The van der Waals surface area contributed by atoms with Gasteiger partial charge in [-0.1, -0.05) is 0 Å². The average molecular weight is 216 g/mol. The Balaban J connectivity index is 0. The summed E-state index contributed by atoms with van der Waals surface area (Å²) in [7, 11) is 0. The van der Waals surface area contributed by atoms with E-state index in [4.69, 9.17) is 0 Å². The summed E-state index contributed by atoms with van der Waals surface area (Å²) in [4.78, 5) is 0. The minimum atomic E-state index is 0. The van der Waals surface area contributed by atoms with Crippen molar-refractivity contribution in [3.63, 3.8) is 0 Å². The Morgan fingerprint density at radius 3 is 0.429 bits per heavy atom. The summed E-state index contributed by atoms with van der Waals surface area (Å²) in [5.41, 5.74) is 0. The summed E-state index contributed by atoms with van der Waals surface area (Å²) in [6, 6.07) is 0. The van der Waals surface area contributed by atoms with Gasteiger partial charge in [-0.25, -0.2) is 0 Å². The Kier molecular flexibility index (Phi) is 2060. The molecule has 0 fully saturated rings. The molecule has 4 nitrogen and oxygen atoms in total. The summed E-state index contributed by atoms with van der Waals surface area (Å²) in [5.74, 6) is 0. The quantitative estimate of drug-likeness (QED) is 0.375. The van der Waals surface area contributed by atoms with Crippen LogP contribution in [0.2, 0.25) is 0 Å². The molecule has 8 N–H and O–H groups in total. The zero-order valence-electron chi connectivity index (χ0n) is 3.50. The second-order valence-electron chi connectivity index (χ2n) is 0. The molecule has 0 heterocycles. The molecule has 0 aliphatic carbocycles. The predicted molar refractivity (Wildman–Crippen MR) is 14.5 cm³/mol. The minimum absolute atomic E-state index is 0. The Bertz CT molecular complexity index is 6.90. The monoisotopic (exact) mass is 216 g/mol. The second-order valence-corrected chi connectivity index (χ2v) is 0. The molecule has 0 aliphatic rings. The molecular formula is H8O4Ti3+6. The van der Waals surface area contributed by atoms with Crippen molar-refractivity contribution in [1.29, 1.82) is 0 Å². The van der Waals surface area contributed by atoms with Crippen molar-refractivity contribution in [2.24, 2.45) is 0 Å². The number of hydrogen-bond acceptors (Lipinski definition) is 0. The SMILES string of the molecule is O.O.O.O.[Ti+3].[Ti+3].[Ti]. The maximum Gasteiger partial charge on any atom is 3.00 e. The average Bonchev–Trinajstić information content (AvgIpc) is 0. The third-order valence-electron chi connectivity index (χ3n) is 0. The van der Waals surface area contributed by atoms with Crippen LogP contribution >= 0.6 is 0 Å². The normalized spacial score (nSPS) is 0. The summed E-state index contributed by atoms with van der Waals surface area (Å²) in [6.07, 6.45) is 0. The van der Waals surface area contributed by atoms with Gasteiger partial charge in [0.15, 0.2) is 0 Å². The first-order valence-corrected chi connectivity index (χ1v) is 0. The Labute approximate surface area is 86.3 Å². The van der Waals surface area contributed by atoms with E-state index >= 15 is 0 Å². The first-order valence-electron chi connectivity index (χ1n) is 0. The molecule has 0 rings (SSSR count). The van der Waals surface area contributed by atoms with Gasteiger partial charge in [0.1, 0.15) is 0 Å². The van der Waals surface area contributed by atoms with Crippen LogP contribution in [0.5, 0.6) is 0 Å². The smallest absolute Gasteiger partial charge is 0.412 e. The van der Waals surface area contributed by atoms with Crippen molar-refractivity contribution in [2.45, 2.75) is 0 Å². The third kappa shape index (κ3) is 72.7. The van der Waals surface area contributed by atoms with E-state index in [0.717, 1.165) is 0 Å². The van der Waals surface area contributed by atoms with Crippen molar-refractivity contribution in [1.82, 2.24) is 0 Å². The maximum atomic E-state index is 0. The number of hydrogen-bond donors (Lipinski definition) is 0. The van der Waals surface area contributed by atoms with Crippen LogP contribution in [0.4, 0.5) is 0 Å². The van der Waals surface area contributed by atoms with Crippen LogP contribution in [-0.2, 0) is 65.2 Å². The standard InChI is InChI=1S/4H2O.3Ti/h4*1H2;;;/q;;;;;2*+3. The molecular weight excluding hydrogens is 208 g/mol. The van der Waals surface area contributed by atoms with E-state index < -0.39 is 0 Å². The predicted octanol–water partition coefficient (Wildman–Crippen LogP) is -3.31. The Morgan fingerprint density at radius 1 is 0.429 bits per heavy atom. The van der Waals surface area contributed by atoms with Gasteiger partial charge in [0.2, 0.25) is 0 Å². The third-order valence-corrected chi connectivity index (χ3v) is 0. The van der Waals surface area contributed by atoms with Gasteiger partial charge in [0, 0.05) is 21.7 Å². The van der Waals surface area contributed by atoms with E-state index in [0.29, 0.717) is 0 Å². The van der Waals surface area contributed by atoms with Crippen molar-refractivity contribution < 1.29 is 87.1 Å². The van der Waals surface area contributed by atoms with Crippen LogP contribution in [0.25, 0.3) is 0 Å². The van der Waals surface area contributed by atoms with Gasteiger partial charge >= 0.3 is 43.4 Å². The fourth-order valence-corrected chi connectivity index (χ4v) is 0. The van der Waals surface area contributed by atoms with Gasteiger partial charge in [0.05, 0.1) is 0 Å². The molecule has 7 heteroatoms. The number of rotatable bonds is 0. The Morgan fingerprint density at radius 2 is 0.429 bits per heavy atom. The zero-order valence-corrected chi connectivity index (χ0v) is 8.18. The van der Waals surface area contributed by atoms with Gasteiger partial charge in [-0.3, -0.25) is 0 Å². The van der Waals surface area contributed by atoms with Crippen molar-refractivity contribution >= 4 is 0 Å². The topological polar surface area (TPSA) is 126 Å². The van der Waals surface area contributed by atoms with Gasteiger partial charge in [0.25, 0.3) is 0 Å². The molecule has 0 saturated heterocycles. The molecule has 0 unspecified atom stereocenters. The first kappa shape index (κ1) is 146. The molecule has 0 saturated carbocycles. The van der Waals surface area contributed by atoms with Gasteiger partial charge in [-0.05, 0) is 0 Å². The van der Waals surface area contributed by atoms with Crippen LogP contribution in [-0.4, -0.2) is 21.9 Å². The molecule has 2 radical (unpaired) electrons. The zero-order chi connectivity index (χ0) is 0. The second kappa shape index (κ2) is 99.0. The maximum absolute atomic E-state index is 0. The summed E-state index contributed by atoms with van der Waals surface area (Å²) >= 11 is 0. The molecule has 0 bridgehead atoms. The fourth-order valence-electron chi connectivity index (χ4n) is 0. The van der Waals surface area contributed by atoms with E-state index in [9.17, 15) is 0 Å². The Hall–Kier alpha value is 1.98. The van der Waals surface area contributed by atoms with Gasteiger partial charge < -0.3 is 21.9 Å². The molecule has 0 aliphatic heterocycles. The van der Waals surface area contributed by atoms with E-state index in [2.05, 4.69) is 0 Å². The van der Waals surface area contributed by atoms with Crippen LogP contribution in [0, 0.1) is 0 Å². The summed E-state index contributed by atoms with van der Waals surface area (Å²) in [5, 5.41) is 0. The van der Waals surface area contributed by atoms with Crippen LogP contribution in [0.15, 0.2) is 0 Å². The van der Waals surface area contributed by atoms with E-state index in [-0.39, 0.29) is 87.1 Å². The molecule has 7 heavy (non-hydrogen) atoms. The van der Waals surface area contributed by atoms with Crippen molar-refractivity contribution in [3.05, 3.63) is 0 Å². The van der Waals surface area contributed by atoms with Crippen molar-refractivity contribution in [2.75, 3.05) is 0 Å².